The van der Waals surface area contributed by atoms with Crippen LogP contribution in [0.5, 0.6) is 0 Å². The molecule has 0 radical (unpaired) electrons. The van der Waals surface area contributed by atoms with Gasteiger partial charge in [0, 0.05) is 36.7 Å². The van der Waals surface area contributed by atoms with Crippen molar-refractivity contribution >= 4 is 47.6 Å². The Hall–Kier alpha value is -1.03. The minimum absolute atomic E-state index is 0. The van der Waals surface area contributed by atoms with Crippen LogP contribution in [-0.4, -0.2) is 60.0 Å². The van der Waals surface area contributed by atoms with E-state index < -0.39 is 0 Å². The van der Waals surface area contributed by atoms with E-state index >= 15 is 0 Å². The average Bonchev–Trinajstić information content (AvgIpc) is 2.59. The summed E-state index contributed by atoms with van der Waals surface area (Å²) in [6, 6.07) is 6.00. The van der Waals surface area contributed by atoms with Gasteiger partial charge in [-0.25, -0.2) is 4.39 Å². The molecule has 0 aromatic heterocycles. The van der Waals surface area contributed by atoms with Gasteiger partial charge in [0.15, 0.2) is 5.96 Å². The van der Waals surface area contributed by atoms with Gasteiger partial charge >= 0.3 is 0 Å². The number of halogens is 2. The van der Waals surface area contributed by atoms with E-state index in [1.807, 2.05) is 11.8 Å². The van der Waals surface area contributed by atoms with Gasteiger partial charge in [0.05, 0.1) is 13.0 Å². The Morgan fingerprint density at radius 3 is 2.63 bits per heavy atom. The molecule has 1 aromatic rings. The van der Waals surface area contributed by atoms with Gasteiger partial charge in [-0.1, -0.05) is 12.1 Å². The maximum atomic E-state index is 12.9. The summed E-state index contributed by atoms with van der Waals surface area (Å²) in [7, 11) is 0. The second-order valence-electron chi connectivity index (χ2n) is 6.92. The molecule has 152 valence electrons. The number of hydrogen-bond acceptors (Lipinski definition) is 3. The lowest BCUT2D eigenvalue weighted by Gasteiger charge is -2.39. The van der Waals surface area contributed by atoms with Gasteiger partial charge < -0.3 is 15.5 Å². The summed E-state index contributed by atoms with van der Waals surface area (Å²) in [4.78, 5) is 18.9. The number of thioether (sulfide) groups is 1. The SMILES string of the molecule is CCNC(=NCCNC(=O)Cc1ccc(F)cc1)N1CCSC(C)(C)C1.I. The van der Waals surface area contributed by atoms with Crippen molar-refractivity contribution in [2.45, 2.75) is 31.9 Å². The van der Waals surface area contributed by atoms with Crippen LogP contribution >= 0.6 is 35.7 Å². The highest BCUT2D eigenvalue weighted by atomic mass is 127. The van der Waals surface area contributed by atoms with Crippen molar-refractivity contribution in [3.63, 3.8) is 0 Å². The van der Waals surface area contributed by atoms with Gasteiger partial charge in [-0.2, -0.15) is 11.8 Å². The first-order chi connectivity index (χ1) is 12.4. The summed E-state index contributed by atoms with van der Waals surface area (Å²) in [6.07, 6.45) is 0.252. The quantitative estimate of drug-likeness (QED) is 0.269. The second kappa shape index (κ2) is 11.7. The van der Waals surface area contributed by atoms with Crippen LogP contribution < -0.4 is 10.6 Å². The van der Waals surface area contributed by atoms with Crippen molar-refractivity contribution in [2.75, 3.05) is 38.5 Å². The average molecular weight is 508 g/mol. The van der Waals surface area contributed by atoms with Crippen molar-refractivity contribution in [3.05, 3.63) is 35.6 Å². The third kappa shape index (κ3) is 8.68. The van der Waals surface area contributed by atoms with Crippen molar-refractivity contribution in [3.8, 4) is 0 Å². The number of carbonyl (C=O) groups is 1. The molecule has 1 aliphatic heterocycles. The Morgan fingerprint density at radius 2 is 2.00 bits per heavy atom. The van der Waals surface area contributed by atoms with E-state index in [9.17, 15) is 9.18 Å². The molecular weight excluding hydrogens is 478 g/mol. The fraction of sp³-hybridized carbons (Fsp3) is 0.579. The molecular formula is C19H30FIN4OS. The van der Waals surface area contributed by atoms with Crippen molar-refractivity contribution in [1.82, 2.24) is 15.5 Å². The van der Waals surface area contributed by atoms with E-state index in [4.69, 9.17) is 0 Å². The molecule has 2 rings (SSSR count). The fourth-order valence-corrected chi connectivity index (χ4v) is 3.94. The molecule has 0 spiro atoms. The standard InChI is InChI=1S/C19H29FN4OS.HI/c1-4-21-18(24-11-12-26-19(2,3)14-24)23-10-9-22-17(25)13-15-5-7-16(20)8-6-15;/h5-8H,4,9-14H2,1-3H3,(H,21,23)(H,22,25);1H. The molecule has 8 heteroatoms. The highest BCUT2D eigenvalue weighted by Gasteiger charge is 2.28. The molecule has 0 bridgehead atoms. The molecule has 1 aliphatic rings. The van der Waals surface area contributed by atoms with Crippen molar-refractivity contribution in [2.24, 2.45) is 4.99 Å². The van der Waals surface area contributed by atoms with Crippen LogP contribution in [0.25, 0.3) is 0 Å². The number of benzene rings is 1. The lowest BCUT2D eigenvalue weighted by molar-refractivity contribution is -0.120. The van der Waals surface area contributed by atoms with Crippen LogP contribution in [0.4, 0.5) is 4.39 Å². The second-order valence-corrected chi connectivity index (χ2v) is 8.72. The summed E-state index contributed by atoms with van der Waals surface area (Å²) in [5.41, 5.74) is 0.800. The van der Waals surface area contributed by atoms with Crippen LogP contribution in [0, 0.1) is 5.82 Å². The van der Waals surface area contributed by atoms with E-state index in [0.29, 0.717) is 13.1 Å². The maximum Gasteiger partial charge on any atom is 0.224 e. The minimum Gasteiger partial charge on any atom is -0.357 e. The van der Waals surface area contributed by atoms with Gasteiger partial charge in [-0.15, -0.1) is 24.0 Å². The predicted molar refractivity (Wildman–Crippen MR) is 123 cm³/mol. The summed E-state index contributed by atoms with van der Waals surface area (Å²) in [6.45, 7) is 10.3. The smallest absolute Gasteiger partial charge is 0.224 e. The van der Waals surface area contributed by atoms with E-state index in [2.05, 4.69) is 41.3 Å². The first kappa shape index (κ1) is 24.0. The summed E-state index contributed by atoms with van der Waals surface area (Å²) in [5.74, 6) is 1.63. The highest BCUT2D eigenvalue weighted by Crippen LogP contribution is 2.29. The van der Waals surface area contributed by atoms with Crippen molar-refractivity contribution in [1.29, 1.82) is 0 Å². The number of carbonyl (C=O) groups excluding carboxylic acids is 1. The molecule has 1 fully saturated rings. The summed E-state index contributed by atoms with van der Waals surface area (Å²) in [5, 5.41) is 6.21. The van der Waals surface area contributed by atoms with Crippen LogP contribution in [0.1, 0.15) is 26.3 Å². The summed E-state index contributed by atoms with van der Waals surface area (Å²) < 4.78 is 13.1. The van der Waals surface area contributed by atoms with Gasteiger partial charge in [0.2, 0.25) is 5.91 Å². The molecule has 0 aliphatic carbocycles. The lowest BCUT2D eigenvalue weighted by Crippen LogP contribution is -2.51. The number of guanidine groups is 1. The number of amides is 1. The molecule has 0 saturated carbocycles. The van der Waals surface area contributed by atoms with Crippen molar-refractivity contribution < 1.29 is 9.18 Å². The van der Waals surface area contributed by atoms with E-state index in [-0.39, 0.29) is 46.9 Å². The van der Waals surface area contributed by atoms with Gasteiger partial charge in [0.1, 0.15) is 5.82 Å². The first-order valence-electron chi connectivity index (χ1n) is 9.08. The van der Waals surface area contributed by atoms with Gasteiger partial charge in [-0.3, -0.25) is 9.79 Å². The number of nitrogens with zero attached hydrogens (tertiary/aromatic N) is 2. The molecule has 2 N–H and O–H groups in total. The zero-order chi connectivity index (χ0) is 19.0. The van der Waals surface area contributed by atoms with Crippen LogP contribution in [-0.2, 0) is 11.2 Å². The molecule has 27 heavy (non-hydrogen) atoms. The van der Waals surface area contributed by atoms with E-state index in [1.165, 1.54) is 12.1 Å². The number of aliphatic imine (C=N–C) groups is 1. The van der Waals surface area contributed by atoms with Crippen LogP contribution in [0.15, 0.2) is 29.3 Å². The molecule has 0 atom stereocenters. The molecule has 1 saturated heterocycles. The molecule has 0 unspecified atom stereocenters. The number of hydrogen-bond donors (Lipinski definition) is 2. The third-order valence-electron chi connectivity index (χ3n) is 4.03. The predicted octanol–water partition coefficient (Wildman–Crippen LogP) is 2.90. The fourth-order valence-electron chi connectivity index (χ4n) is 2.83. The largest absolute Gasteiger partial charge is 0.357 e. The zero-order valence-corrected chi connectivity index (χ0v) is 19.4. The Kier molecular flexibility index (Phi) is 10.4. The van der Waals surface area contributed by atoms with Crippen LogP contribution in [0.2, 0.25) is 0 Å². The summed E-state index contributed by atoms with van der Waals surface area (Å²) >= 11 is 1.99. The van der Waals surface area contributed by atoms with Crippen LogP contribution in [0.3, 0.4) is 0 Å². The van der Waals surface area contributed by atoms with E-state index in [1.54, 1.807) is 12.1 Å². The van der Waals surface area contributed by atoms with E-state index in [0.717, 1.165) is 36.9 Å². The highest BCUT2D eigenvalue weighted by molar-refractivity contribution is 14.0. The Morgan fingerprint density at radius 1 is 1.30 bits per heavy atom. The topological polar surface area (TPSA) is 56.7 Å². The molecule has 1 aromatic carbocycles. The third-order valence-corrected chi connectivity index (χ3v) is 5.33. The number of rotatable bonds is 6. The molecule has 5 nitrogen and oxygen atoms in total. The number of nitrogens with one attached hydrogen (secondary N) is 2. The Balaban J connectivity index is 0.00000364. The monoisotopic (exact) mass is 508 g/mol. The maximum absolute atomic E-state index is 12.9. The molecule has 1 amide bonds. The lowest BCUT2D eigenvalue weighted by atomic mass is 10.1. The van der Waals surface area contributed by atoms with Gasteiger partial charge in [0.25, 0.3) is 0 Å². The molecule has 1 heterocycles. The Bertz CT molecular complexity index is 625. The first-order valence-corrected chi connectivity index (χ1v) is 10.1. The normalized spacial score (nSPS) is 16.4. The minimum atomic E-state index is -0.293. The van der Waals surface area contributed by atoms with Gasteiger partial charge in [-0.05, 0) is 38.5 Å². The Labute approximate surface area is 183 Å². The zero-order valence-electron chi connectivity index (χ0n) is 16.3.